The van der Waals surface area contributed by atoms with E-state index >= 15 is 0 Å². The first-order valence-electron chi connectivity index (χ1n) is 6.80. The Hall–Kier alpha value is -1.62. The van der Waals surface area contributed by atoms with Crippen molar-refractivity contribution in [1.82, 2.24) is 4.98 Å². The number of benzene rings is 1. The molecule has 0 atom stereocenters. The van der Waals surface area contributed by atoms with Crippen molar-refractivity contribution in [2.75, 3.05) is 6.54 Å². The van der Waals surface area contributed by atoms with Crippen LogP contribution in [-0.4, -0.2) is 11.5 Å². The van der Waals surface area contributed by atoms with Crippen LogP contribution in [0.5, 0.6) is 0 Å². The van der Waals surface area contributed by atoms with E-state index in [-0.39, 0.29) is 10.9 Å². The van der Waals surface area contributed by atoms with Crippen molar-refractivity contribution in [2.45, 2.75) is 33.4 Å². The van der Waals surface area contributed by atoms with Gasteiger partial charge in [0.2, 0.25) is 0 Å². The van der Waals surface area contributed by atoms with Crippen LogP contribution in [0.1, 0.15) is 30.7 Å². The molecule has 0 aliphatic carbocycles. The summed E-state index contributed by atoms with van der Waals surface area (Å²) in [6.45, 7) is 6.19. The number of alkyl halides is 3. The number of nitrogens with two attached hydrogens (primary N) is 1. The van der Waals surface area contributed by atoms with Gasteiger partial charge in [-0.25, -0.2) is 0 Å². The summed E-state index contributed by atoms with van der Waals surface area (Å²) >= 11 is 0. The fourth-order valence-electron chi connectivity index (χ4n) is 2.42. The molecule has 0 radical (unpaired) electrons. The van der Waals surface area contributed by atoms with Gasteiger partial charge in [-0.15, -0.1) is 0 Å². The molecule has 1 aromatic heterocycles. The summed E-state index contributed by atoms with van der Waals surface area (Å²) in [7, 11) is 0. The monoisotopic (exact) mass is 296 g/mol. The molecule has 0 amide bonds. The molecule has 1 aromatic carbocycles. The van der Waals surface area contributed by atoms with E-state index in [1.807, 2.05) is 19.9 Å². The topological polar surface area (TPSA) is 38.9 Å². The second-order valence-electron chi connectivity index (χ2n) is 6.17. The predicted molar refractivity (Wildman–Crippen MR) is 78.0 cm³/mol. The molecule has 1 heterocycles. The first-order valence-corrected chi connectivity index (χ1v) is 6.80. The van der Waals surface area contributed by atoms with Crippen LogP contribution in [0, 0.1) is 12.3 Å². The van der Waals surface area contributed by atoms with Gasteiger partial charge < -0.3 is 5.73 Å². The van der Waals surface area contributed by atoms with Crippen LogP contribution in [0.3, 0.4) is 0 Å². The Labute approximate surface area is 122 Å². The van der Waals surface area contributed by atoms with Gasteiger partial charge in [0.15, 0.2) is 0 Å². The number of pyridine rings is 1. The fourth-order valence-corrected chi connectivity index (χ4v) is 2.42. The highest BCUT2D eigenvalue weighted by Crippen LogP contribution is 2.36. The number of rotatable bonds is 3. The minimum absolute atomic E-state index is 0.0211. The van der Waals surface area contributed by atoms with Gasteiger partial charge in [0, 0.05) is 11.1 Å². The third kappa shape index (κ3) is 3.35. The second kappa shape index (κ2) is 5.30. The summed E-state index contributed by atoms with van der Waals surface area (Å²) < 4.78 is 39.4. The van der Waals surface area contributed by atoms with Gasteiger partial charge in [0.25, 0.3) is 0 Å². The van der Waals surface area contributed by atoms with Crippen LogP contribution in [0.4, 0.5) is 13.2 Å². The lowest BCUT2D eigenvalue weighted by molar-refractivity contribution is -0.136. The van der Waals surface area contributed by atoms with Gasteiger partial charge in [-0.3, -0.25) is 4.98 Å². The fraction of sp³-hybridized carbons (Fsp3) is 0.438. The quantitative estimate of drug-likeness (QED) is 0.926. The highest BCUT2D eigenvalue weighted by molar-refractivity contribution is 5.85. The molecule has 21 heavy (non-hydrogen) atoms. The molecular formula is C16H19F3N2. The summed E-state index contributed by atoms with van der Waals surface area (Å²) in [6.07, 6.45) is -3.79. The first-order chi connectivity index (χ1) is 9.64. The third-order valence-corrected chi connectivity index (χ3v) is 3.58. The number of hydrogen-bond donors (Lipinski definition) is 1. The molecule has 2 nitrogen and oxygen atoms in total. The Kier molecular flexibility index (Phi) is 3.97. The highest BCUT2D eigenvalue weighted by Gasteiger charge is 2.33. The number of hydrogen-bond acceptors (Lipinski definition) is 2. The lowest BCUT2D eigenvalue weighted by atomic mass is 9.84. The van der Waals surface area contributed by atoms with Crippen molar-refractivity contribution in [1.29, 1.82) is 0 Å². The highest BCUT2D eigenvalue weighted by atomic mass is 19.4. The minimum atomic E-state index is -4.40. The van der Waals surface area contributed by atoms with Crippen molar-refractivity contribution in [3.8, 4) is 0 Å². The average Bonchev–Trinajstić information content (AvgIpc) is 2.36. The van der Waals surface area contributed by atoms with E-state index < -0.39 is 11.7 Å². The maximum Gasteiger partial charge on any atom is 0.418 e. The molecule has 0 bridgehead atoms. The minimum Gasteiger partial charge on any atom is -0.330 e. The second-order valence-corrected chi connectivity index (χ2v) is 6.17. The summed E-state index contributed by atoms with van der Waals surface area (Å²) in [5, 5.41) is 0.553. The van der Waals surface area contributed by atoms with Crippen LogP contribution in [0.2, 0.25) is 0 Å². The van der Waals surface area contributed by atoms with E-state index in [9.17, 15) is 13.2 Å². The molecule has 0 fully saturated rings. The normalized spacial score (nSPS) is 12.9. The van der Waals surface area contributed by atoms with Crippen molar-refractivity contribution in [3.05, 3.63) is 41.1 Å². The Morgan fingerprint density at radius 1 is 1.19 bits per heavy atom. The smallest absolute Gasteiger partial charge is 0.330 e. The van der Waals surface area contributed by atoms with Gasteiger partial charge in [-0.05, 0) is 43.0 Å². The van der Waals surface area contributed by atoms with E-state index in [1.54, 1.807) is 13.0 Å². The van der Waals surface area contributed by atoms with Crippen molar-refractivity contribution < 1.29 is 13.2 Å². The molecule has 0 aliphatic rings. The summed E-state index contributed by atoms with van der Waals surface area (Å²) in [5.41, 5.74) is 6.35. The SMILES string of the molecule is Cc1cc(CC(C)(C)CN)c2cccc(C(F)(F)F)c2n1. The first kappa shape index (κ1) is 15.8. The lowest BCUT2D eigenvalue weighted by Gasteiger charge is -2.23. The Morgan fingerprint density at radius 2 is 1.86 bits per heavy atom. The number of fused-ring (bicyclic) bond motifs is 1. The summed E-state index contributed by atoms with van der Waals surface area (Å²) in [5.74, 6) is 0. The summed E-state index contributed by atoms with van der Waals surface area (Å²) in [6, 6.07) is 6.05. The van der Waals surface area contributed by atoms with E-state index in [1.165, 1.54) is 6.07 Å². The van der Waals surface area contributed by atoms with Gasteiger partial charge in [-0.2, -0.15) is 13.2 Å². The molecule has 0 saturated carbocycles. The van der Waals surface area contributed by atoms with Gasteiger partial charge in [0.05, 0.1) is 11.1 Å². The molecular weight excluding hydrogens is 277 g/mol. The molecule has 2 aromatic rings. The Balaban J connectivity index is 2.69. The third-order valence-electron chi connectivity index (χ3n) is 3.58. The average molecular weight is 296 g/mol. The summed E-state index contributed by atoms with van der Waals surface area (Å²) in [4.78, 5) is 4.11. The number of aromatic nitrogens is 1. The van der Waals surface area contributed by atoms with Crippen molar-refractivity contribution in [2.24, 2.45) is 11.1 Å². The van der Waals surface area contributed by atoms with Crippen LogP contribution >= 0.6 is 0 Å². The number of halogens is 3. The van der Waals surface area contributed by atoms with Gasteiger partial charge in [-0.1, -0.05) is 26.0 Å². The standard InChI is InChI=1S/C16H19F3N2/c1-10-7-11(8-15(2,3)9-20)12-5-4-6-13(14(12)21-10)16(17,18)19/h4-7H,8-9,20H2,1-3H3. The zero-order valence-electron chi connectivity index (χ0n) is 12.4. The maximum atomic E-state index is 13.1. The molecule has 0 saturated heterocycles. The van der Waals surface area contributed by atoms with Gasteiger partial charge in [0.1, 0.15) is 0 Å². The van der Waals surface area contributed by atoms with E-state index in [0.29, 0.717) is 24.0 Å². The van der Waals surface area contributed by atoms with Crippen molar-refractivity contribution in [3.63, 3.8) is 0 Å². The zero-order valence-corrected chi connectivity index (χ0v) is 12.4. The van der Waals surface area contributed by atoms with E-state index in [2.05, 4.69) is 4.98 Å². The molecule has 5 heteroatoms. The lowest BCUT2D eigenvalue weighted by Crippen LogP contribution is -2.26. The zero-order chi connectivity index (χ0) is 15.8. The molecule has 2 N–H and O–H groups in total. The molecule has 2 rings (SSSR count). The number of para-hydroxylation sites is 1. The van der Waals surface area contributed by atoms with E-state index in [4.69, 9.17) is 5.73 Å². The molecule has 0 spiro atoms. The molecule has 114 valence electrons. The largest absolute Gasteiger partial charge is 0.418 e. The van der Waals surface area contributed by atoms with Crippen LogP contribution in [0.15, 0.2) is 24.3 Å². The maximum absolute atomic E-state index is 13.1. The van der Waals surface area contributed by atoms with E-state index in [0.717, 1.165) is 11.6 Å². The number of aryl methyl sites for hydroxylation is 1. The van der Waals surface area contributed by atoms with Crippen LogP contribution in [0.25, 0.3) is 10.9 Å². The van der Waals surface area contributed by atoms with Crippen LogP contribution in [-0.2, 0) is 12.6 Å². The molecule has 0 aliphatic heterocycles. The van der Waals surface area contributed by atoms with Gasteiger partial charge >= 0.3 is 6.18 Å². The van der Waals surface area contributed by atoms with Crippen molar-refractivity contribution >= 4 is 10.9 Å². The van der Waals surface area contributed by atoms with Crippen LogP contribution < -0.4 is 5.73 Å². The number of nitrogens with zero attached hydrogens (tertiary/aromatic N) is 1. The predicted octanol–water partition coefficient (Wildman–Crippen LogP) is 4.09. The Bertz CT molecular complexity index is 660. The Morgan fingerprint density at radius 3 is 2.43 bits per heavy atom. The molecule has 0 unspecified atom stereocenters.